The maximum Gasteiger partial charge on any atom is 0.239 e. The summed E-state index contributed by atoms with van der Waals surface area (Å²) in [4.78, 5) is 29.4. The molecule has 8 heteroatoms. The van der Waals surface area contributed by atoms with Gasteiger partial charge in [-0.2, -0.15) is 0 Å². The van der Waals surface area contributed by atoms with Gasteiger partial charge in [-0.3, -0.25) is 14.6 Å². The van der Waals surface area contributed by atoms with Crippen molar-refractivity contribution in [2.45, 2.75) is 45.2 Å². The van der Waals surface area contributed by atoms with Crippen molar-refractivity contribution in [3.63, 3.8) is 0 Å². The predicted molar refractivity (Wildman–Crippen MR) is 193 cm³/mol. The number of nitrogens with zero attached hydrogens (tertiary/aromatic N) is 4. The van der Waals surface area contributed by atoms with E-state index in [-0.39, 0.29) is 29.8 Å². The number of hydrazine groups is 1. The van der Waals surface area contributed by atoms with Crippen LogP contribution in [0.15, 0.2) is 102 Å². The van der Waals surface area contributed by atoms with Gasteiger partial charge in [-0.1, -0.05) is 79.8 Å². The summed E-state index contributed by atoms with van der Waals surface area (Å²) in [5, 5.41) is 6.19. The minimum atomic E-state index is 0.0307. The highest BCUT2D eigenvalue weighted by molar-refractivity contribution is 5.79. The lowest BCUT2D eigenvalue weighted by Crippen LogP contribution is -2.57. The highest BCUT2D eigenvalue weighted by atomic mass is 16.5. The summed E-state index contributed by atoms with van der Waals surface area (Å²) in [6.45, 7) is 7.97. The zero-order valence-corrected chi connectivity index (χ0v) is 29.5. The van der Waals surface area contributed by atoms with Crippen LogP contribution in [0.3, 0.4) is 0 Å². The van der Waals surface area contributed by atoms with Crippen molar-refractivity contribution in [3.05, 3.63) is 113 Å². The molecule has 1 N–H and O–H groups in total. The quantitative estimate of drug-likeness (QED) is 0.295. The van der Waals surface area contributed by atoms with E-state index in [4.69, 9.17) is 4.74 Å². The van der Waals surface area contributed by atoms with Gasteiger partial charge in [-0.25, -0.2) is 5.01 Å². The zero-order valence-electron chi connectivity index (χ0n) is 29.5. The van der Waals surface area contributed by atoms with Crippen molar-refractivity contribution in [1.29, 1.82) is 0 Å². The average Bonchev–Trinajstić information content (AvgIpc) is 3.82. The number of hydrogen-bond donors (Lipinski definition) is 1. The number of piperazine rings is 1. The second-order valence-electron chi connectivity index (χ2n) is 13.5. The maximum atomic E-state index is 13.6. The molecule has 2 aromatic rings. The molecule has 8 nitrogen and oxygen atoms in total. The first kappa shape index (κ1) is 35.2. The Morgan fingerprint density at radius 1 is 1.10 bits per heavy atom. The molecule has 0 radical (unpaired) electrons. The number of allylic oxidation sites excluding steroid dienone is 6. The Bertz CT molecular complexity index is 1520. The summed E-state index contributed by atoms with van der Waals surface area (Å²) in [5.74, 6) is 2.22. The van der Waals surface area contributed by atoms with Gasteiger partial charge in [-0.15, -0.1) is 0 Å². The van der Waals surface area contributed by atoms with E-state index in [0.717, 1.165) is 44.6 Å². The second kappa shape index (κ2) is 15.8. The number of nitrogens with one attached hydrogen (secondary N) is 1. The molecule has 2 aromatic carbocycles. The Balaban J connectivity index is 0.000000349. The summed E-state index contributed by atoms with van der Waals surface area (Å²) in [7, 11) is 7.07. The van der Waals surface area contributed by atoms with Crippen molar-refractivity contribution in [1.82, 2.24) is 25.1 Å². The minimum Gasteiger partial charge on any atom is -0.497 e. The van der Waals surface area contributed by atoms with Crippen LogP contribution in [0.1, 0.15) is 43.7 Å². The fourth-order valence-corrected chi connectivity index (χ4v) is 7.59. The third kappa shape index (κ3) is 7.77. The maximum absolute atomic E-state index is 13.6. The molecule has 48 heavy (non-hydrogen) atoms. The molecular formula is C40H53N5O3. The molecular weight excluding hydrogens is 598 g/mol. The molecule has 1 saturated carbocycles. The van der Waals surface area contributed by atoms with Crippen LogP contribution in [0, 0.1) is 17.3 Å². The highest BCUT2D eigenvalue weighted by Crippen LogP contribution is 2.62. The number of amides is 2. The number of methoxy groups -OCH3 is 1. The van der Waals surface area contributed by atoms with Gasteiger partial charge in [0.25, 0.3) is 0 Å². The molecule has 7 rings (SSSR count). The van der Waals surface area contributed by atoms with Crippen LogP contribution >= 0.6 is 0 Å². The van der Waals surface area contributed by atoms with Crippen molar-refractivity contribution in [2.75, 3.05) is 54.4 Å². The van der Waals surface area contributed by atoms with Crippen LogP contribution in [0.4, 0.5) is 0 Å². The van der Waals surface area contributed by atoms with Crippen molar-refractivity contribution in [2.24, 2.45) is 17.3 Å². The third-order valence-corrected chi connectivity index (χ3v) is 10.7. The smallest absolute Gasteiger partial charge is 0.239 e. The minimum absolute atomic E-state index is 0.0307. The van der Waals surface area contributed by atoms with E-state index in [0.29, 0.717) is 18.4 Å². The van der Waals surface area contributed by atoms with E-state index < -0.39 is 0 Å². The molecule has 0 aromatic heterocycles. The van der Waals surface area contributed by atoms with E-state index in [2.05, 4.69) is 108 Å². The summed E-state index contributed by atoms with van der Waals surface area (Å²) >= 11 is 0. The van der Waals surface area contributed by atoms with Gasteiger partial charge in [0.1, 0.15) is 5.75 Å². The topological polar surface area (TPSA) is 68.4 Å². The van der Waals surface area contributed by atoms with Crippen molar-refractivity contribution < 1.29 is 14.3 Å². The van der Waals surface area contributed by atoms with Gasteiger partial charge in [-0.05, 0) is 79.0 Å². The SMILES string of the molecule is C/C=C1\C=C/C2CC23/C=C/C=C2\[C@H](CC3C)N(C(=O)CN(C)N(C)C=O)CCN2CC1c1ccccc1.CNCc1ccc(OC)cc1. The Kier molecular flexibility index (Phi) is 11.6. The van der Waals surface area contributed by atoms with Gasteiger partial charge in [0.2, 0.25) is 12.3 Å². The molecule has 5 aliphatic rings. The van der Waals surface area contributed by atoms with Gasteiger partial charge in [0.05, 0.1) is 19.7 Å². The number of fused-ring (bicyclic) bond motifs is 5. The first-order valence-electron chi connectivity index (χ1n) is 17.2. The molecule has 2 amide bonds. The van der Waals surface area contributed by atoms with E-state index in [1.165, 1.54) is 27.4 Å². The second-order valence-corrected chi connectivity index (χ2v) is 13.5. The molecule has 4 bridgehead atoms. The molecule has 3 aliphatic heterocycles. The molecule has 256 valence electrons. The normalized spacial score (nSPS) is 29.1. The van der Waals surface area contributed by atoms with Crippen molar-refractivity contribution >= 4 is 12.3 Å². The number of ether oxygens (including phenoxy) is 1. The van der Waals surface area contributed by atoms with Crippen molar-refractivity contribution in [3.8, 4) is 5.75 Å². The lowest BCUT2D eigenvalue weighted by atomic mass is 9.79. The van der Waals surface area contributed by atoms with Gasteiger partial charge >= 0.3 is 0 Å². The average molecular weight is 652 g/mol. The molecule has 5 atom stereocenters. The Morgan fingerprint density at radius 3 is 2.52 bits per heavy atom. The van der Waals surface area contributed by atoms with Crippen LogP contribution in [0.5, 0.6) is 5.75 Å². The molecule has 2 aliphatic carbocycles. The number of carbonyl (C=O) groups is 2. The largest absolute Gasteiger partial charge is 0.497 e. The number of benzene rings is 2. The summed E-state index contributed by atoms with van der Waals surface area (Å²) in [6.07, 6.45) is 16.9. The van der Waals surface area contributed by atoms with E-state index in [1.54, 1.807) is 26.2 Å². The van der Waals surface area contributed by atoms with Crippen LogP contribution in [0.2, 0.25) is 0 Å². The van der Waals surface area contributed by atoms with Crippen LogP contribution in [0.25, 0.3) is 0 Å². The van der Waals surface area contributed by atoms with Gasteiger partial charge in [0.15, 0.2) is 0 Å². The number of carbonyl (C=O) groups excluding carboxylic acids is 2. The first-order chi connectivity index (χ1) is 23.2. The molecule has 1 saturated heterocycles. The summed E-state index contributed by atoms with van der Waals surface area (Å²) < 4.78 is 5.03. The Morgan fingerprint density at radius 2 is 1.85 bits per heavy atom. The Hall–Kier alpha value is -4.14. The highest BCUT2D eigenvalue weighted by Gasteiger charge is 2.55. The van der Waals surface area contributed by atoms with E-state index >= 15 is 0 Å². The van der Waals surface area contributed by atoms with Crippen LogP contribution in [-0.4, -0.2) is 92.6 Å². The van der Waals surface area contributed by atoms with Crippen LogP contribution < -0.4 is 10.1 Å². The summed E-state index contributed by atoms with van der Waals surface area (Å²) in [6, 6.07) is 18.9. The van der Waals surface area contributed by atoms with E-state index in [1.807, 2.05) is 19.2 Å². The zero-order chi connectivity index (χ0) is 34.3. The lowest BCUT2D eigenvalue weighted by molar-refractivity contribution is -0.143. The first-order valence-corrected chi connectivity index (χ1v) is 17.2. The Labute approximate surface area is 287 Å². The monoisotopic (exact) mass is 651 g/mol. The van der Waals surface area contributed by atoms with Crippen LogP contribution in [-0.2, 0) is 16.1 Å². The number of hydrogen-bond acceptors (Lipinski definition) is 6. The standard InChI is InChI=1S/C31H40N4O2.C9H13NO/c1-5-24-13-14-26-19-31(26)15-9-12-28-29(18-23(31)2)35(30(37)21-32(3)33(4)22-36)17-16-34(28)20-27(24)25-10-7-6-8-11-25;1-10-7-8-3-5-9(11-2)6-4-8/h5-15,22-23,26-27,29H,16-21H2,1-4H3;3-6,10H,7H2,1-2H3/b14-13-,15-9+,24-5+,28-12+;/t23?,26?,27?,29-,31?;/m0./s1. The summed E-state index contributed by atoms with van der Waals surface area (Å²) in [5.41, 5.74) is 5.35. The molecule has 4 unspecified atom stereocenters. The third-order valence-electron chi connectivity index (χ3n) is 10.7. The number of likely N-dealkylation sites (N-methyl/N-ethyl adjacent to an activating group) is 1. The number of rotatable bonds is 8. The van der Waals surface area contributed by atoms with E-state index in [9.17, 15) is 9.59 Å². The molecule has 1 spiro atoms. The molecule has 3 heterocycles. The fourth-order valence-electron chi connectivity index (χ4n) is 7.59. The fraction of sp³-hybridized carbons (Fsp3) is 0.450. The molecule has 2 fully saturated rings. The lowest BCUT2D eigenvalue weighted by Gasteiger charge is -2.48. The predicted octanol–water partition coefficient (Wildman–Crippen LogP) is 5.63. The van der Waals surface area contributed by atoms with Gasteiger partial charge in [0, 0.05) is 51.9 Å². The van der Waals surface area contributed by atoms with Gasteiger partial charge < -0.3 is 19.9 Å².